The summed E-state index contributed by atoms with van der Waals surface area (Å²) in [5.41, 5.74) is 2.57. The molecular weight excluding hydrogens is 621 g/mol. The molecule has 2 aliphatic rings. The van der Waals surface area contributed by atoms with Gasteiger partial charge in [-0.2, -0.15) is 0 Å². The lowest BCUT2D eigenvalue weighted by molar-refractivity contribution is -0.111. The van der Waals surface area contributed by atoms with E-state index >= 15 is 0 Å². The van der Waals surface area contributed by atoms with E-state index in [0.717, 1.165) is 51.3 Å². The van der Waals surface area contributed by atoms with E-state index in [1.54, 1.807) is 6.07 Å². The van der Waals surface area contributed by atoms with E-state index in [1.807, 2.05) is 18.2 Å². The lowest BCUT2D eigenvalue weighted by atomic mass is 9.80. The third kappa shape index (κ3) is 7.03. The van der Waals surface area contributed by atoms with Crippen molar-refractivity contribution < 1.29 is 23.8 Å². The van der Waals surface area contributed by atoms with Gasteiger partial charge in [-0.05, 0) is 49.0 Å². The first-order valence-electron chi connectivity index (χ1n) is 14.3. The van der Waals surface area contributed by atoms with Gasteiger partial charge in [0.05, 0.1) is 31.3 Å². The van der Waals surface area contributed by atoms with Gasteiger partial charge in [0, 0.05) is 51.2 Å². The smallest absolute Gasteiger partial charge is 0.327 e. The van der Waals surface area contributed by atoms with E-state index in [4.69, 9.17) is 37.4 Å². The zero-order valence-corrected chi connectivity index (χ0v) is 26.8. The lowest BCUT2D eigenvalue weighted by Gasteiger charge is -2.33. The first kappa shape index (κ1) is 32.1. The third-order valence-corrected chi connectivity index (χ3v) is 8.92. The number of nitrogens with one attached hydrogen (secondary N) is 3. The minimum Gasteiger partial charge on any atom is -0.495 e. The topological polar surface area (TPSA) is 130 Å². The Morgan fingerprint density at radius 3 is 2.40 bits per heavy atom. The number of methoxy groups -OCH3 is 2. The SMILES string of the molecule is C=CC(=O)Nc1cc(N2CCC3(CCOCC3)C2)ccc1Nc1cc(N(C)C(=O)Nc2c(Cl)c(OC)cc(OC)c2Cl)ncn1. The van der Waals surface area contributed by atoms with Crippen LogP contribution in [0.25, 0.3) is 0 Å². The molecule has 14 heteroatoms. The average molecular weight is 657 g/mol. The zero-order chi connectivity index (χ0) is 32.1. The van der Waals surface area contributed by atoms with Gasteiger partial charge in [0.2, 0.25) is 5.91 Å². The van der Waals surface area contributed by atoms with Gasteiger partial charge in [-0.3, -0.25) is 9.69 Å². The van der Waals surface area contributed by atoms with Crippen LogP contribution in [0, 0.1) is 5.41 Å². The Bertz CT molecular complexity index is 1570. The minimum atomic E-state index is -0.574. The second-order valence-electron chi connectivity index (χ2n) is 10.9. The number of carbonyl (C=O) groups excluding carboxylic acids is 2. The van der Waals surface area contributed by atoms with Crippen molar-refractivity contribution in [3.63, 3.8) is 0 Å². The molecule has 2 saturated heterocycles. The Kier molecular flexibility index (Phi) is 9.86. The molecule has 2 fully saturated rings. The summed E-state index contributed by atoms with van der Waals surface area (Å²) in [6.45, 7) is 7.06. The number of benzene rings is 2. The minimum absolute atomic E-state index is 0.115. The summed E-state index contributed by atoms with van der Waals surface area (Å²) >= 11 is 12.9. The Morgan fingerprint density at radius 2 is 1.73 bits per heavy atom. The van der Waals surface area contributed by atoms with Crippen molar-refractivity contribution in [3.8, 4) is 11.5 Å². The van der Waals surface area contributed by atoms with Crippen molar-refractivity contribution in [1.29, 1.82) is 0 Å². The fraction of sp³-hybridized carbons (Fsp3) is 0.355. The Hall–Kier alpha value is -4.26. The molecule has 238 valence electrons. The molecule has 45 heavy (non-hydrogen) atoms. The summed E-state index contributed by atoms with van der Waals surface area (Å²) in [7, 11) is 4.42. The molecule has 3 N–H and O–H groups in total. The summed E-state index contributed by atoms with van der Waals surface area (Å²) < 4.78 is 16.2. The second-order valence-corrected chi connectivity index (χ2v) is 11.6. The van der Waals surface area contributed by atoms with Gasteiger partial charge < -0.3 is 35.1 Å². The molecule has 5 rings (SSSR count). The first-order valence-corrected chi connectivity index (χ1v) is 15.1. The van der Waals surface area contributed by atoms with Crippen molar-refractivity contribution >= 4 is 69.5 Å². The van der Waals surface area contributed by atoms with Gasteiger partial charge in [0.1, 0.15) is 39.5 Å². The standard InChI is InChI=1S/C31H35Cl2N7O5/c1-5-26(41)37-21-14-19(40-11-8-31(17-40)9-12-45-13-10-31)6-7-20(21)36-24-16-25(35-18-34-24)39(2)30(42)38-29-27(32)22(43-3)15-23(44-4)28(29)33/h5-7,14-16,18H,1,8-13,17H2,2-4H3,(H,37,41)(H,38,42)(H,34,35,36). The number of urea groups is 1. The molecule has 2 aliphatic heterocycles. The van der Waals surface area contributed by atoms with Gasteiger partial charge in [-0.1, -0.05) is 29.8 Å². The van der Waals surface area contributed by atoms with Crippen LogP contribution >= 0.6 is 23.2 Å². The molecule has 2 aromatic carbocycles. The van der Waals surface area contributed by atoms with E-state index in [0.29, 0.717) is 17.2 Å². The molecule has 0 bridgehead atoms. The summed E-state index contributed by atoms with van der Waals surface area (Å²) in [6.07, 6.45) is 5.76. The van der Waals surface area contributed by atoms with Gasteiger partial charge >= 0.3 is 6.03 Å². The lowest BCUT2D eigenvalue weighted by Crippen LogP contribution is -2.33. The van der Waals surface area contributed by atoms with E-state index in [1.165, 1.54) is 44.6 Å². The van der Waals surface area contributed by atoms with Gasteiger partial charge in [0.25, 0.3) is 0 Å². The van der Waals surface area contributed by atoms with Crippen LogP contribution in [0.15, 0.2) is 49.3 Å². The number of hydrogen-bond donors (Lipinski definition) is 3. The van der Waals surface area contributed by atoms with E-state index in [2.05, 4.69) is 37.4 Å². The summed E-state index contributed by atoms with van der Waals surface area (Å²) in [5, 5.41) is 9.07. The van der Waals surface area contributed by atoms with Gasteiger partial charge in [-0.15, -0.1) is 0 Å². The van der Waals surface area contributed by atoms with Crippen molar-refractivity contribution in [2.75, 3.05) is 73.3 Å². The van der Waals surface area contributed by atoms with Crippen LogP contribution in [-0.2, 0) is 9.53 Å². The summed E-state index contributed by atoms with van der Waals surface area (Å²) in [6, 6.07) is 8.40. The monoisotopic (exact) mass is 655 g/mol. The highest BCUT2D eigenvalue weighted by Crippen LogP contribution is 2.45. The number of anilines is 6. The van der Waals surface area contributed by atoms with Crippen LogP contribution in [-0.4, -0.2) is 69.5 Å². The largest absolute Gasteiger partial charge is 0.495 e. The Morgan fingerprint density at radius 1 is 1.02 bits per heavy atom. The molecule has 1 spiro atoms. The van der Waals surface area contributed by atoms with E-state index in [-0.39, 0.29) is 44.4 Å². The van der Waals surface area contributed by atoms with Gasteiger partial charge in [0.15, 0.2) is 0 Å². The van der Waals surface area contributed by atoms with Crippen LogP contribution in [0.4, 0.5) is 39.2 Å². The van der Waals surface area contributed by atoms with Crippen LogP contribution < -0.4 is 35.2 Å². The van der Waals surface area contributed by atoms with Crippen LogP contribution in [0.2, 0.25) is 10.0 Å². The highest BCUT2D eigenvalue weighted by Gasteiger charge is 2.39. The molecular formula is C31H35Cl2N7O5. The maximum Gasteiger partial charge on any atom is 0.327 e. The number of amides is 3. The molecule has 0 saturated carbocycles. The molecule has 0 atom stereocenters. The van der Waals surface area contributed by atoms with Crippen molar-refractivity contribution in [1.82, 2.24) is 9.97 Å². The maximum atomic E-state index is 13.2. The van der Waals surface area contributed by atoms with E-state index in [9.17, 15) is 9.59 Å². The normalized spacial score (nSPS) is 15.4. The number of ether oxygens (including phenoxy) is 3. The van der Waals surface area contributed by atoms with Crippen molar-refractivity contribution in [2.45, 2.75) is 19.3 Å². The molecule has 0 aliphatic carbocycles. The number of hydrogen-bond acceptors (Lipinski definition) is 9. The van der Waals surface area contributed by atoms with Crippen LogP contribution in [0.5, 0.6) is 11.5 Å². The summed E-state index contributed by atoms with van der Waals surface area (Å²) in [4.78, 5) is 37.8. The molecule has 0 radical (unpaired) electrons. The quantitative estimate of drug-likeness (QED) is 0.226. The van der Waals surface area contributed by atoms with Gasteiger partial charge in [-0.25, -0.2) is 14.8 Å². The molecule has 1 aromatic heterocycles. The highest BCUT2D eigenvalue weighted by atomic mass is 35.5. The Labute approximate surface area is 271 Å². The van der Waals surface area contributed by atoms with Crippen LogP contribution in [0.1, 0.15) is 19.3 Å². The maximum absolute atomic E-state index is 13.2. The summed E-state index contributed by atoms with van der Waals surface area (Å²) in [5.74, 6) is 0.885. The number of nitrogens with zero attached hydrogens (tertiary/aromatic N) is 4. The molecule has 3 amide bonds. The predicted octanol–water partition coefficient (Wildman–Crippen LogP) is 6.34. The molecule has 12 nitrogen and oxygen atoms in total. The first-order chi connectivity index (χ1) is 21.7. The number of rotatable bonds is 9. The number of carbonyl (C=O) groups is 2. The molecule has 0 unspecified atom stereocenters. The Balaban J connectivity index is 1.35. The van der Waals surface area contributed by atoms with Crippen molar-refractivity contribution in [2.24, 2.45) is 5.41 Å². The van der Waals surface area contributed by atoms with E-state index < -0.39 is 6.03 Å². The highest BCUT2D eigenvalue weighted by molar-refractivity contribution is 6.41. The molecule has 3 aromatic rings. The fourth-order valence-electron chi connectivity index (χ4n) is 5.52. The fourth-order valence-corrected chi connectivity index (χ4v) is 6.12. The third-order valence-electron chi connectivity index (χ3n) is 8.17. The average Bonchev–Trinajstić information content (AvgIpc) is 3.46. The van der Waals surface area contributed by atoms with Crippen molar-refractivity contribution in [3.05, 3.63) is 59.4 Å². The van der Waals surface area contributed by atoms with Crippen LogP contribution in [0.3, 0.4) is 0 Å². The zero-order valence-electron chi connectivity index (χ0n) is 25.3. The predicted molar refractivity (Wildman–Crippen MR) is 177 cm³/mol. The second kappa shape index (κ2) is 13.8. The number of aromatic nitrogens is 2. The number of halogens is 2. The molecule has 3 heterocycles.